The van der Waals surface area contributed by atoms with Crippen LogP contribution in [0.3, 0.4) is 0 Å². The third-order valence-electron chi connectivity index (χ3n) is 3.76. The van der Waals surface area contributed by atoms with Crippen LogP contribution in [0.1, 0.15) is 54.0 Å². The molecule has 0 saturated heterocycles. The van der Waals surface area contributed by atoms with Crippen molar-refractivity contribution < 1.29 is 14.3 Å². The zero-order chi connectivity index (χ0) is 18.8. The standard InChI is InChI=1S/C20H25N3O3/c1-3-5-8-12-22-19(24)18-14-15(11-13-21-18)23-17-10-7-6-9-16(17)20(25)26-4-2/h6-7,9-11,13-14H,3-5,8,12H2,1-2H3,(H,21,23)(H,22,24). The van der Waals surface area contributed by atoms with Gasteiger partial charge in [-0.1, -0.05) is 31.9 Å². The number of esters is 1. The first-order valence-corrected chi connectivity index (χ1v) is 8.93. The molecule has 0 aliphatic heterocycles. The average Bonchev–Trinajstić information content (AvgIpc) is 2.66. The molecule has 1 aromatic heterocycles. The number of carbonyl (C=O) groups is 2. The number of hydrogen-bond donors (Lipinski definition) is 2. The van der Waals surface area contributed by atoms with Gasteiger partial charge in [0.1, 0.15) is 5.69 Å². The molecule has 6 nitrogen and oxygen atoms in total. The minimum atomic E-state index is -0.390. The number of amides is 1. The summed E-state index contributed by atoms with van der Waals surface area (Å²) in [6, 6.07) is 10.5. The third-order valence-corrected chi connectivity index (χ3v) is 3.76. The van der Waals surface area contributed by atoms with E-state index < -0.39 is 5.97 Å². The number of aromatic nitrogens is 1. The van der Waals surface area contributed by atoms with Gasteiger partial charge in [-0.2, -0.15) is 0 Å². The Kier molecular flexibility index (Phi) is 7.61. The molecule has 0 atom stereocenters. The maximum atomic E-state index is 12.2. The van der Waals surface area contributed by atoms with Gasteiger partial charge in [0.15, 0.2) is 0 Å². The summed E-state index contributed by atoms with van der Waals surface area (Å²) in [5.41, 5.74) is 2.07. The topological polar surface area (TPSA) is 80.3 Å². The van der Waals surface area contributed by atoms with Crippen LogP contribution in [0.25, 0.3) is 0 Å². The van der Waals surface area contributed by atoms with Gasteiger partial charge in [-0.3, -0.25) is 9.78 Å². The number of pyridine rings is 1. The lowest BCUT2D eigenvalue weighted by molar-refractivity contribution is 0.0527. The molecule has 0 spiro atoms. The number of nitrogens with one attached hydrogen (secondary N) is 2. The van der Waals surface area contributed by atoms with E-state index >= 15 is 0 Å². The van der Waals surface area contributed by atoms with Crippen LogP contribution >= 0.6 is 0 Å². The summed E-state index contributed by atoms with van der Waals surface area (Å²) >= 11 is 0. The van der Waals surface area contributed by atoms with E-state index in [1.807, 2.05) is 6.07 Å². The van der Waals surface area contributed by atoms with Crippen LogP contribution < -0.4 is 10.6 Å². The number of carbonyl (C=O) groups excluding carboxylic acids is 2. The summed E-state index contributed by atoms with van der Waals surface area (Å²) in [6.45, 7) is 4.83. The Morgan fingerprint density at radius 3 is 2.69 bits per heavy atom. The summed E-state index contributed by atoms with van der Waals surface area (Å²) in [4.78, 5) is 28.4. The third kappa shape index (κ3) is 5.58. The molecule has 0 bridgehead atoms. The molecular weight excluding hydrogens is 330 g/mol. The number of rotatable bonds is 9. The van der Waals surface area contributed by atoms with Gasteiger partial charge in [0.05, 0.1) is 17.9 Å². The second-order valence-electron chi connectivity index (χ2n) is 5.78. The van der Waals surface area contributed by atoms with Crippen LogP contribution in [0.2, 0.25) is 0 Å². The molecule has 0 fully saturated rings. The van der Waals surface area contributed by atoms with E-state index in [-0.39, 0.29) is 5.91 Å². The highest BCUT2D eigenvalue weighted by Crippen LogP contribution is 2.22. The Balaban J connectivity index is 2.09. The van der Waals surface area contributed by atoms with Gasteiger partial charge in [-0.05, 0) is 37.6 Å². The van der Waals surface area contributed by atoms with Gasteiger partial charge in [-0.25, -0.2) is 4.79 Å². The van der Waals surface area contributed by atoms with Gasteiger partial charge >= 0.3 is 5.97 Å². The minimum absolute atomic E-state index is 0.205. The fourth-order valence-corrected chi connectivity index (χ4v) is 2.43. The van der Waals surface area contributed by atoms with Crippen molar-refractivity contribution in [2.75, 3.05) is 18.5 Å². The monoisotopic (exact) mass is 355 g/mol. The smallest absolute Gasteiger partial charge is 0.340 e. The fraction of sp³-hybridized carbons (Fsp3) is 0.350. The van der Waals surface area contributed by atoms with E-state index in [2.05, 4.69) is 22.5 Å². The molecule has 2 aromatic rings. The van der Waals surface area contributed by atoms with Crippen LogP contribution in [0, 0.1) is 0 Å². The van der Waals surface area contributed by atoms with Gasteiger partial charge in [0, 0.05) is 18.4 Å². The average molecular weight is 355 g/mol. The molecule has 1 amide bonds. The van der Waals surface area contributed by atoms with Crippen LogP contribution in [0.4, 0.5) is 11.4 Å². The molecule has 138 valence electrons. The first-order valence-electron chi connectivity index (χ1n) is 8.93. The summed E-state index contributed by atoms with van der Waals surface area (Å²) in [5, 5.41) is 6.03. The van der Waals surface area contributed by atoms with E-state index in [1.165, 1.54) is 0 Å². The van der Waals surface area contributed by atoms with Crippen molar-refractivity contribution in [3.63, 3.8) is 0 Å². The zero-order valence-corrected chi connectivity index (χ0v) is 15.2. The summed E-state index contributed by atoms with van der Waals surface area (Å²) in [7, 11) is 0. The molecule has 2 rings (SSSR count). The maximum absolute atomic E-state index is 12.2. The highest BCUT2D eigenvalue weighted by Gasteiger charge is 2.13. The quantitative estimate of drug-likeness (QED) is 0.526. The normalized spacial score (nSPS) is 10.2. The van der Waals surface area contributed by atoms with Crippen LogP contribution in [-0.4, -0.2) is 30.0 Å². The highest BCUT2D eigenvalue weighted by molar-refractivity contribution is 5.97. The lowest BCUT2D eigenvalue weighted by atomic mass is 10.1. The van der Waals surface area contributed by atoms with E-state index in [0.717, 1.165) is 19.3 Å². The Morgan fingerprint density at radius 1 is 1.12 bits per heavy atom. The minimum Gasteiger partial charge on any atom is -0.462 e. The lowest BCUT2D eigenvalue weighted by Gasteiger charge is -2.12. The number of benzene rings is 1. The van der Waals surface area contributed by atoms with E-state index in [0.29, 0.717) is 35.8 Å². The van der Waals surface area contributed by atoms with Crippen molar-refractivity contribution in [3.05, 3.63) is 53.9 Å². The van der Waals surface area contributed by atoms with Crippen LogP contribution in [0.15, 0.2) is 42.6 Å². The first-order chi connectivity index (χ1) is 12.7. The van der Waals surface area contributed by atoms with Crippen molar-refractivity contribution in [3.8, 4) is 0 Å². The number of para-hydroxylation sites is 1. The van der Waals surface area contributed by atoms with Crippen LogP contribution in [0.5, 0.6) is 0 Å². The number of hydrogen-bond acceptors (Lipinski definition) is 5. The number of unbranched alkanes of at least 4 members (excludes halogenated alkanes) is 2. The number of ether oxygens (including phenoxy) is 1. The Bertz CT molecular complexity index is 747. The number of anilines is 2. The van der Waals surface area contributed by atoms with E-state index in [9.17, 15) is 9.59 Å². The SMILES string of the molecule is CCCCCNC(=O)c1cc(Nc2ccccc2C(=O)OCC)ccn1. The summed E-state index contributed by atoms with van der Waals surface area (Å²) in [5.74, 6) is -0.595. The molecule has 0 saturated carbocycles. The van der Waals surface area contributed by atoms with Gasteiger partial charge in [-0.15, -0.1) is 0 Å². The van der Waals surface area contributed by atoms with Crippen molar-refractivity contribution in [1.82, 2.24) is 10.3 Å². The molecule has 26 heavy (non-hydrogen) atoms. The zero-order valence-electron chi connectivity index (χ0n) is 15.2. The molecular formula is C20H25N3O3. The molecule has 1 aromatic carbocycles. The van der Waals surface area contributed by atoms with Crippen molar-refractivity contribution in [2.45, 2.75) is 33.1 Å². The molecule has 0 unspecified atom stereocenters. The molecule has 2 N–H and O–H groups in total. The second kappa shape index (κ2) is 10.2. The predicted octanol–water partition coefficient (Wildman–Crippen LogP) is 3.92. The number of nitrogens with zero attached hydrogens (tertiary/aromatic N) is 1. The Hall–Kier alpha value is -2.89. The van der Waals surface area contributed by atoms with Gasteiger partial charge < -0.3 is 15.4 Å². The first kappa shape index (κ1) is 19.4. The second-order valence-corrected chi connectivity index (χ2v) is 5.78. The van der Waals surface area contributed by atoms with Gasteiger partial charge in [0.25, 0.3) is 5.91 Å². The van der Waals surface area contributed by atoms with E-state index in [1.54, 1.807) is 43.5 Å². The molecule has 0 aliphatic rings. The highest BCUT2D eigenvalue weighted by atomic mass is 16.5. The summed E-state index contributed by atoms with van der Waals surface area (Å²) in [6.07, 6.45) is 4.71. The van der Waals surface area contributed by atoms with Crippen molar-refractivity contribution in [1.29, 1.82) is 0 Å². The van der Waals surface area contributed by atoms with Crippen molar-refractivity contribution in [2.24, 2.45) is 0 Å². The van der Waals surface area contributed by atoms with Crippen LogP contribution in [-0.2, 0) is 4.74 Å². The van der Waals surface area contributed by atoms with Crippen molar-refractivity contribution >= 4 is 23.3 Å². The predicted molar refractivity (Wildman–Crippen MR) is 102 cm³/mol. The summed E-state index contributed by atoms with van der Waals surface area (Å²) < 4.78 is 5.08. The molecule has 0 radical (unpaired) electrons. The maximum Gasteiger partial charge on any atom is 0.340 e. The Labute approximate surface area is 154 Å². The lowest BCUT2D eigenvalue weighted by Crippen LogP contribution is -2.25. The van der Waals surface area contributed by atoms with Gasteiger partial charge in [0.2, 0.25) is 0 Å². The Morgan fingerprint density at radius 2 is 1.92 bits per heavy atom. The molecule has 0 aliphatic carbocycles. The fourth-order valence-electron chi connectivity index (χ4n) is 2.43. The largest absolute Gasteiger partial charge is 0.462 e. The van der Waals surface area contributed by atoms with E-state index in [4.69, 9.17) is 4.74 Å². The molecule has 1 heterocycles. The molecule has 6 heteroatoms.